The number of nitrogens with one attached hydrogen (secondary N) is 2. The van der Waals surface area contributed by atoms with E-state index in [0.717, 1.165) is 19.7 Å². The summed E-state index contributed by atoms with van der Waals surface area (Å²) in [6.45, 7) is 1.96. The van der Waals surface area contributed by atoms with E-state index >= 15 is 0 Å². The Bertz CT molecular complexity index is 703. The zero-order valence-electron chi connectivity index (χ0n) is 11.6. The first kappa shape index (κ1) is 14.6. The molecule has 1 aliphatic rings. The molecule has 1 unspecified atom stereocenters. The average molecular weight is 340 g/mol. The van der Waals surface area contributed by atoms with E-state index < -0.39 is 5.54 Å². The van der Waals surface area contributed by atoms with E-state index in [4.69, 9.17) is 17.0 Å². The predicted molar refractivity (Wildman–Crippen MR) is 88.2 cm³/mol. The van der Waals surface area contributed by atoms with Crippen molar-refractivity contribution in [1.29, 1.82) is 5.41 Å². The third kappa shape index (κ3) is 2.59. The topological polar surface area (TPSA) is 56.2 Å². The average Bonchev–Trinajstić information content (AvgIpc) is 3.04. The standard InChI is InChI=1S/C14H14ClN3OS2/c1-14(6-12(19)18(2)13(16)17-14)10-5-8(7-20-10)9-3-4-11(15)21-9/h3-5,7H,6H2,1-2H3,(H2,16,17). The molecule has 0 bridgehead atoms. The number of carbonyl (C=O) groups excluding carboxylic acids is 1. The van der Waals surface area contributed by atoms with Gasteiger partial charge in [-0.2, -0.15) is 0 Å². The van der Waals surface area contributed by atoms with Crippen LogP contribution in [0.4, 0.5) is 0 Å². The lowest BCUT2D eigenvalue weighted by Crippen LogP contribution is -2.57. The first-order chi connectivity index (χ1) is 9.89. The van der Waals surface area contributed by atoms with Gasteiger partial charge in [-0.25, -0.2) is 0 Å². The van der Waals surface area contributed by atoms with Crippen LogP contribution in [0.3, 0.4) is 0 Å². The molecule has 3 rings (SSSR count). The molecule has 0 aliphatic carbocycles. The summed E-state index contributed by atoms with van der Waals surface area (Å²) in [4.78, 5) is 15.5. The molecule has 1 atom stereocenters. The smallest absolute Gasteiger partial charge is 0.231 e. The van der Waals surface area contributed by atoms with Crippen LogP contribution in [0.2, 0.25) is 4.34 Å². The molecule has 2 aromatic heterocycles. The number of thiophene rings is 2. The Kier molecular flexibility index (Phi) is 3.55. The molecule has 1 amide bonds. The Morgan fingerprint density at radius 1 is 1.48 bits per heavy atom. The van der Waals surface area contributed by atoms with E-state index in [0.29, 0.717) is 6.42 Å². The second-order valence-electron chi connectivity index (χ2n) is 5.24. The summed E-state index contributed by atoms with van der Waals surface area (Å²) in [6, 6.07) is 5.95. The van der Waals surface area contributed by atoms with Gasteiger partial charge in [-0.05, 0) is 30.5 Å². The first-order valence-electron chi connectivity index (χ1n) is 6.37. The van der Waals surface area contributed by atoms with Crippen LogP contribution in [0, 0.1) is 5.41 Å². The molecule has 1 aliphatic heterocycles. The number of amides is 1. The van der Waals surface area contributed by atoms with Crippen molar-refractivity contribution in [1.82, 2.24) is 10.2 Å². The lowest BCUT2D eigenvalue weighted by atomic mass is 9.92. The molecule has 0 spiro atoms. The van der Waals surface area contributed by atoms with Gasteiger partial charge in [0.15, 0.2) is 5.96 Å². The number of hydrogen-bond acceptors (Lipinski definition) is 4. The lowest BCUT2D eigenvalue weighted by Gasteiger charge is -2.38. The third-order valence-electron chi connectivity index (χ3n) is 3.61. The zero-order valence-corrected chi connectivity index (χ0v) is 14.0. The molecule has 1 saturated heterocycles. The van der Waals surface area contributed by atoms with E-state index in [1.165, 1.54) is 16.2 Å². The molecule has 1 fully saturated rings. The van der Waals surface area contributed by atoms with E-state index in [-0.39, 0.29) is 11.9 Å². The van der Waals surface area contributed by atoms with Gasteiger partial charge in [0.2, 0.25) is 5.91 Å². The summed E-state index contributed by atoms with van der Waals surface area (Å²) in [5.41, 5.74) is 0.581. The molecule has 0 saturated carbocycles. The van der Waals surface area contributed by atoms with Gasteiger partial charge in [-0.3, -0.25) is 15.1 Å². The van der Waals surface area contributed by atoms with Gasteiger partial charge in [-0.15, -0.1) is 22.7 Å². The number of carbonyl (C=O) groups is 1. The summed E-state index contributed by atoms with van der Waals surface area (Å²) in [5.74, 6) is 0.0956. The minimum atomic E-state index is -0.523. The lowest BCUT2D eigenvalue weighted by molar-refractivity contribution is -0.129. The number of halogens is 1. The van der Waals surface area contributed by atoms with Gasteiger partial charge >= 0.3 is 0 Å². The van der Waals surface area contributed by atoms with Crippen molar-refractivity contribution in [3.8, 4) is 10.4 Å². The van der Waals surface area contributed by atoms with Crippen molar-refractivity contribution in [3.63, 3.8) is 0 Å². The van der Waals surface area contributed by atoms with Crippen LogP contribution in [-0.2, 0) is 10.3 Å². The highest BCUT2D eigenvalue weighted by Gasteiger charge is 2.38. The molecule has 4 nitrogen and oxygen atoms in total. The molecule has 0 aromatic carbocycles. The zero-order chi connectivity index (χ0) is 15.2. The largest absolute Gasteiger partial charge is 0.345 e. The monoisotopic (exact) mass is 339 g/mol. The van der Waals surface area contributed by atoms with Gasteiger partial charge in [-0.1, -0.05) is 11.6 Å². The minimum absolute atomic E-state index is 0.0460. The molecule has 3 heterocycles. The molecule has 2 aromatic rings. The quantitative estimate of drug-likeness (QED) is 0.875. The van der Waals surface area contributed by atoms with E-state index in [1.54, 1.807) is 18.4 Å². The molecule has 7 heteroatoms. The molecule has 21 heavy (non-hydrogen) atoms. The van der Waals surface area contributed by atoms with Crippen molar-refractivity contribution < 1.29 is 4.79 Å². The number of guanidine groups is 1. The van der Waals surface area contributed by atoms with Gasteiger partial charge in [0, 0.05) is 22.4 Å². The normalized spacial score (nSPS) is 22.5. The highest BCUT2D eigenvalue weighted by atomic mass is 35.5. The van der Waals surface area contributed by atoms with Crippen LogP contribution < -0.4 is 5.32 Å². The maximum Gasteiger partial charge on any atom is 0.231 e. The third-order valence-corrected chi connectivity index (χ3v) is 6.08. The second-order valence-corrected chi connectivity index (χ2v) is 7.86. The van der Waals surface area contributed by atoms with Crippen LogP contribution in [0.5, 0.6) is 0 Å². The fourth-order valence-electron chi connectivity index (χ4n) is 2.31. The van der Waals surface area contributed by atoms with Gasteiger partial charge in [0.1, 0.15) is 0 Å². The maximum atomic E-state index is 12.0. The van der Waals surface area contributed by atoms with Crippen LogP contribution in [0.15, 0.2) is 23.6 Å². The van der Waals surface area contributed by atoms with Crippen molar-refractivity contribution >= 4 is 46.1 Å². The predicted octanol–water partition coefficient (Wildman–Crippen LogP) is 3.73. The van der Waals surface area contributed by atoms with Crippen molar-refractivity contribution in [2.45, 2.75) is 18.9 Å². The molecular formula is C14H14ClN3OS2. The highest BCUT2D eigenvalue weighted by molar-refractivity contribution is 7.19. The summed E-state index contributed by atoms with van der Waals surface area (Å²) >= 11 is 9.11. The number of hydrogen-bond donors (Lipinski definition) is 2. The fraction of sp³-hybridized carbons (Fsp3) is 0.286. The Labute approximate surface area is 135 Å². The Balaban J connectivity index is 1.92. The fourth-order valence-corrected chi connectivity index (χ4v) is 4.44. The van der Waals surface area contributed by atoms with Crippen LogP contribution in [0.25, 0.3) is 10.4 Å². The van der Waals surface area contributed by atoms with E-state index in [9.17, 15) is 4.79 Å². The molecule has 2 N–H and O–H groups in total. The van der Waals surface area contributed by atoms with E-state index in [2.05, 4.69) is 16.8 Å². The number of rotatable bonds is 2. The molecular weight excluding hydrogens is 326 g/mol. The second kappa shape index (κ2) is 5.12. The SMILES string of the molecule is CN1C(=N)NC(C)(c2cc(-c3ccc(Cl)s3)cs2)CC1=O. The van der Waals surface area contributed by atoms with E-state index in [1.807, 2.05) is 19.1 Å². The van der Waals surface area contributed by atoms with Crippen LogP contribution in [0.1, 0.15) is 18.2 Å². The highest BCUT2D eigenvalue weighted by Crippen LogP contribution is 2.38. The molecule has 110 valence electrons. The van der Waals surface area contributed by atoms with Crippen LogP contribution >= 0.6 is 34.3 Å². The Morgan fingerprint density at radius 2 is 2.24 bits per heavy atom. The minimum Gasteiger partial charge on any atom is -0.345 e. The maximum absolute atomic E-state index is 12.0. The van der Waals surface area contributed by atoms with Crippen molar-refractivity contribution in [2.24, 2.45) is 0 Å². The summed E-state index contributed by atoms with van der Waals surface area (Å²) in [6.07, 6.45) is 0.344. The Hall–Kier alpha value is -1.37. The number of nitrogens with zero attached hydrogens (tertiary/aromatic N) is 1. The van der Waals surface area contributed by atoms with Crippen molar-refractivity contribution in [3.05, 3.63) is 32.8 Å². The van der Waals surface area contributed by atoms with Crippen molar-refractivity contribution in [2.75, 3.05) is 7.05 Å². The Morgan fingerprint density at radius 3 is 2.86 bits per heavy atom. The first-order valence-corrected chi connectivity index (χ1v) is 8.44. The summed E-state index contributed by atoms with van der Waals surface area (Å²) in [7, 11) is 1.62. The van der Waals surface area contributed by atoms with Crippen LogP contribution in [-0.4, -0.2) is 23.8 Å². The molecule has 0 radical (unpaired) electrons. The summed E-state index contributed by atoms with van der Waals surface area (Å²) < 4.78 is 0.762. The van der Waals surface area contributed by atoms with Gasteiger partial charge in [0.25, 0.3) is 0 Å². The van der Waals surface area contributed by atoms with Gasteiger partial charge in [0.05, 0.1) is 16.3 Å². The van der Waals surface area contributed by atoms with Gasteiger partial charge < -0.3 is 5.32 Å². The summed E-state index contributed by atoms with van der Waals surface area (Å²) in [5, 5.41) is 13.1.